The van der Waals surface area contributed by atoms with Gasteiger partial charge in [-0.25, -0.2) is 16.8 Å². The summed E-state index contributed by atoms with van der Waals surface area (Å²) >= 11 is 0. The van der Waals surface area contributed by atoms with Gasteiger partial charge in [-0.1, -0.05) is 18.9 Å². The molecule has 1 saturated carbocycles. The van der Waals surface area contributed by atoms with E-state index in [1.807, 2.05) is 0 Å². The predicted molar refractivity (Wildman–Crippen MR) is 80.5 cm³/mol. The van der Waals surface area contributed by atoms with Crippen LogP contribution < -0.4 is 4.74 Å². The van der Waals surface area contributed by atoms with E-state index < -0.39 is 47.3 Å². The molecule has 0 heterocycles. The summed E-state index contributed by atoms with van der Waals surface area (Å²) in [5.74, 6) is -0.794. The monoisotopic (exact) mass is 398 g/mol. The number of hydrogen-bond acceptors (Lipinski definition) is 5. The van der Waals surface area contributed by atoms with E-state index in [-0.39, 0.29) is 12.8 Å². The molecule has 1 aromatic carbocycles. The van der Waals surface area contributed by atoms with Crippen molar-refractivity contribution in [3.05, 3.63) is 29.8 Å². The summed E-state index contributed by atoms with van der Waals surface area (Å²) in [6.07, 6.45) is -4.31. The van der Waals surface area contributed by atoms with Crippen LogP contribution >= 0.6 is 0 Å². The van der Waals surface area contributed by atoms with Crippen molar-refractivity contribution in [3.8, 4) is 5.75 Å². The quantitative estimate of drug-likeness (QED) is 0.274. The normalized spacial score (nSPS) is 17.3. The van der Waals surface area contributed by atoms with Crippen LogP contribution in [0.15, 0.2) is 29.2 Å². The fraction of sp³-hybridized carbons (Fsp3) is 0.462. The van der Waals surface area contributed by atoms with Crippen LogP contribution in [0.25, 0.3) is 5.53 Å². The smallest absolute Gasteiger partial charge is 0.406 e. The van der Waals surface area contributed by atoms with Gasteiger partial charge in [0.1, 0.15) is 5.75 Å². The van der Waals surface area contributed by atoms with Gasteiger partial charge in [-0.2, -0.15) is 4.79 Å². The van der Waals surface area contributed by atoms with Crippen molar-refractivity contribution in [2.45, 2.75) is 41.7 Å². The maximum Gasteiger partial charge on any atom is 0.573 e. The van der Waals surface area contributed by atoms with E-state index in [2.05, 4.69) is 9.53 Å². The molecule has 1 fully saturated rings. The molecule has 1 aromatic rings. The van der Waals surface area contributed by atoms with Crippen molar-refractivity contribution in [2.24, 2.45) is 0 Å². The van der Waals surface area contributed by atoms with Crippen molar-refractivity contribution in [2.75, 3.05) is 0 Å². The highest BCUT2D eigenvalue weighted by atomic mass is 32.2. The molecule has 2 rings (SSSR count). The Morgan fingerprint density at radius 1 is 1.24 bits per heavy atom. The van der Waals surface area contributed by atoms with Gasteiger partial charge in [0, 0.05) is 0 Å². The molecule has 7 nitrogen and oxygen atoms in total. The summed E-state index contributed by atoms with van der Waals surface area (Å²) in [5.41, 5.74) is 9.18. The summed E-state index contributed by atoms with van der Waals surface area (Å²) in [7, 11) is -7.94. The molecular formula is C13H13F3N2O5S2. The first-order valence-corrected chi connectivity index (χ1v) is 9.67. The zero-order chi connectivity index (χ0) is 18.9. The Kier molecular flexibility index (Phi) is 5.26. The van der Waals surface area contributed by atoms with Crippen molar-refractivity contribution in [3.63, 3.8) is 0 Å². The van der Waals surface area contributed by atoms with E-state index in [9.17, 15) is 35.5 Å². The van der Waals surface area contributed by atoms with Gasteiger partial charge in [-0.05, 0) is 31.0 Å². The molecule has 0 amide bonds. The number of benzene rings is 1. The lowest BCUT2D eigenvalue weighted by molar-refractivity contribution is -0.274. The first-order chi connectivity index (χ1) is 11.5. The number of hydrogen-bond donors (Lipinski definition) is 1. The first kappa shape index (κ1) is 19.4. The van der Waals surface area contributed by atoms with Crippen LogP contribution in [0.1, 0.15) is 25.7 Å². The molecule has 1 aliphatic rings. The summed E-state index contributed by atoms with van der Waals surface area (Å²) in [5, 5.41) is -0.988. The predicted octanol–water partition coefficient (Wildman–Crippen LogP) is 1.91. The summed E-state index contributed by atoms with van der Waals surface area (Å²) in [6.45, 7) is 0. The van der Waals surface area contributed by atoms with E-state index in [1.54, 1.807) is 0 Å². The molecule has 0 atom stereocenters. The minimum Gasteiger partial charge on any atom is -0.406 e. The third kappa shape index (κ3) is 3.86. The molecule has 0 radical (unpaired) electrons. The minimum absolute atomic E-state index is 0.0525. The molecule has 0 N–H and O–H groups in total. The summed E-state index contributed by atoms with van der Waals surface area (Å²) in [4.78, 5) is 2.04. The number of ether oxygens (including phenoxy) is 1. The van der Waals surface area contributed by atoms with Crippen molar-refractivity contribution in [1.29, 1.82) is 0 Å². The Morgan fingerprint density at radius 2 is 1.84 bits per heavy atom. The second-order valence-electron chi connectivity index (χ2n) is 5.43. The Hall–Kier alpha value is -1.91. The van der Waals surface area contributed by atoms with Crippen molar-refractivity contribution in [1.82, 2.24) is 0 Å². The Balaban J connectivity index is 2.54. The number of thiol groups is 1. The molecule has 0 aliphatic heterocycles. The minimum atomic E-state index is -5.03. The first-order valence-electron chi connectivity index (χ1n) is 7.01. The SMILES string of the molecule is [N-]=[N+]=C(C1([SH](=O)=O)CCCC1)S(=O)(=O)c1cccc(OC(F)(F)F)c1. The Morgan fingerprint density at radius 3 is 2.32 bits per heavy atom. The molecule has 1 aliphatic carbocycles. The molecule has 0 aromatic heterocycles. The largest absolute Gasteiger partial charge is 0.573 e. The maximum absolute atomic E-state index is 12.7. The molecule has 0 bridgehead atoms. The van der Waals surface area contributed by atoms with E-state index in [0.717, 1.165) is 18.2 Å². The van der Waals surface area contributed by atoms with Gasteiger partial charge in [0.25, 0.3) is 9.84 Å². The van der Waals surface area contributed by atoms with Gasteiger partial charge < -0.3 is 10.3 Å². The molecule has 0 unspecified atom stereocenters. The topological polar surface area (TPSA) is 114 Å². The Bertz CT molecular complexity index is 888. The number of halogens is 3. The molecular weight excluding hydrogens is 385 g/mol. The molecule has 138 valence electrons. The summed E-state index contributed by atoms with van der Waals surface area (Å²) < 4.78 is 87.4. The van der Waals surface area contributed by atoms with Crippen LogP contribution in [0.4, 0.5) is 13.2 Å². The number of sulfone groups is 1. The van der Waals surface area contributed by atoms with E-state index in [0.29, 0.717) is 18.9 Å². The lowest BCUT2D eigenvalue weighted by Crippen LogP contribution is -2.43. The standard InChI is InChI=1S/C13H13F3N2O5S2/c14-13(15,16)23-9-4-3-5-10(8-9)25(21,22)11(18-17)12(24(19)20)6-1-2-7-12/h3-5,8,24H,1-2,6-7H2. The average Bonchev–Trinajstić information content (AvgIpc) is 2.97. The van der Waals surface area contributed by atoms with Crippen LogP contribution in [0.2, 0.25) is 0 Å². The zero-order valence-electron chi connectivity index (χ0n) is 12.6. The van der Waals surface area contributed by atoms with Crippen molar-refractivity contribution < 1.29 is 39.5 Å². The third-order valence-electron chi connectivity index (χ3n) is 3.87. The van der Waals surface area contributed by atoms with Crippen LogP contribution in [-0.2, 0) is 20.5 Å². The summed E-state index contributed by atoms with van der Waals surface area (Å²) in [6, 6.07) is 3.45. The maximum atomic E-state index is 12.7. The van der Waals surface area contributed by atoms with Crippen LogP contribution in [0, 0.1) is 0 Å². The van der Waals surface area contributed by atoms with Crippen LogP contribution in [0.3, 0.4) is 0 Å². The zero-order valence-corrected chi connectivity index (χ0v) is 14.3. The highest BCUT2D eigenvalue weighted by Gasteiger charge is 2.55. The van der Waals surface area contributed by atoms with Crippen LogP contribution in [0.5, 0.6) is 5.75 Å². The number of rotatable bonds is 4. The van der Waals surface area contributed by atoms with E-state index >= 15 is 0 Å². The molecule has 0 saturated heterocycles. The molecule has 0 spiro atoms. The fourth-order valence-electron chi connectivity index (χ4n) is 2.78. The lowest BCUT2D eigenvalue weighted by atomic mass is 10.1. The van der Waals surface area contributed by atoms with Gasteiger partial charge in [-0.15, -0.1) is 13.2 Å². The number of alkyl halides is 3. The van der Waals surface area contributed by atoms with Gasteiger partial charge in [0.2, 0.25) is 0 Å². The second kappa shape index (κ2) is 6.77. The average molecular weight is 398 g/mol. The van der Waals surface area contributed by atoms with Gasteiger partial charge in [0.05, 0.1) is 4.90 Å². The highest BCUT2D eigenvalue weighted by Crippen LogP contribution is 2.37. The van der Waals surface area contributed by atoms with E-state index in [4.69, 9.17) is 0 Å². The molecule has 25 heavy (non-hydrogen) atoms. The van der Waals surface area contributed by atoms with Crippen molar-refractivity contribution >= 4 is 25.6 Å². The highest BCUT2D eigenvalue weighted by molar-refractivity contribution is 8.07. The second-order valence-corrected chi connectivity index (χ2v) is 8.66. The number of nitrogens with zero attached hydrogens (tertiary/aromatic N) is 2. The van der Waals surface area contributed by atoms with Crippen LogP contribution in [-0.4, -0.2) is 37.8 Å². The van der Waals surface area contributed by atoms with E-state index in [1.165, 1.54) is 0 Å². The van der Waals surface area contributed by atoms with Gasteiger partial charge in [-0.3, -0.25) is 0 Å². The fourth-order valence-corrected chi connectivity index (χ4v) is 5.81. The lowest BCUT2D eigenvalue weighted by Gasteiger charge is -2.16. The Labute approximate surface area is 142 Å². The van der Waals surface area contributed by atoms with Gasteiger partial charge >= 0.3 is 11.4 Å². The third-order valence-corrected chi connectivity index (χ3v) is 7.24. The van der Waals surface area contributed by atoms with Gasteiger partial charge in [0.15, 0.2) is 15.5 Å². The molecule has 12 heteroatoms.